The molecular weight excluding hydrogens is 196 g/mol. The normalized spacial score (nSPS) is 18.7. The van der Waals surface area contributed by atoms with Crippen LogP contribution in [0.25, 0.3) is 6.08 Å². The fraction of sp³-hybridized carbons (Fsp3) is 0.300. The molecule has 0 aliphatic carbocycles. The van der Waals surface area contributed by atoms with Gasteiger partial charge in [0.15, 0.2) is 0 Å². The van der Waals surface area contributed by atoms with E-state index in [1.54, 1.807) is 19.9 Å². The first-order valence-corrected chi connectivity index (χ1v) is 4.55. The molecule has 0 radical (unpaired) electrons. The average molecular weight is 206 g/mol. The molecule has 1 saturated heterocycles. The van der Waals surface area contributed by atoms with Crippen molar-refractivity contribution >= 4 is 17.9 Å². The van der Waals surface area contributed by atoms with Gasteiger partial charge >= 0.3 is 0 Å². The predicted octanol–water partition coefficient (Wildman–Crippen LogP) is 0.721. The van der Waals surface area contributed by atoms with E-state index >= 15 is 0 Å². The summed E-state index contributed by atoms with van der Waals surface area (Å²) in [6, 6.07) is 0. The molecule has 2 rings (SSSR count). The molecule has 15 heavy (non-hydrogen) atoms. The Morgan fingerprint density at radius 1 is 1.40 bits per heavy atom. The van der Waals surface area contributed by atoms with E-state index in [2.05, 4.69) is 10.5 Å². The van der Waals surface area contributed by atoms with E-state index in [4.69, 9.17) is 4.52 Å². The number of hydrogen-bond acceptors (Lipinski definition) is 4. The smallest absolute Gasteiger partial charge is 0.254 e. The molecule has 1 aromatic heterocycles. The quantitative estimate of drug-likeness (QED) is 0.543. The molecule has 0 bridgehead atoms. The van der Waals surface area contributed by atoms with E-state index in [1.165, 1.54) is 0 Å². The number of nitrogens with zero attached hydrogens (tertiary/aromatic N) is 1. The number of carbonyl (C=O) groups excluding carboxylic acids is 2. The van der Waals surface area contributed by atoms with Crippen molar-refractivity contribution in [2.75, 3.05) is 0 Å². The summed E-state index contributed by atoms with van der Waals surface area (Å²) in [7, 11) is 0. The van der Waals surface area contributed by atoms with Crippen LogP contribution in [0.3, 0.4) is 0 Å². The first kappa shape index (κ1) is 9.64. The van der Waals surface area contributed by atoms with Crippen LogP contribution in [-0.2, 0) is 9.59 Å². The highest BCUT2D eigenvalue weighted by Gasteiger charge is 2.24. The van der Waals surface area contributed by atoms with E-state index in [9.17, 15) is 9.59 Å². The highest BCUT2D eigenvalue weighted by atomic mass is 16.5. The second-order valence-electron chi connectivity index (χ2n) is 3.46. The topological polar surface area (TPSA) is 72.2 Å². The third-order valence-electron chi connectivity index (χ3n) is 2.30. The van der Waals surface area contributed by atoms with Gasteiger partial charge in [0.05, 0.1) is 12.1 Å². The average Bonchev–Trinajstić information content (AvgIpc) is 2.63. The number of imide groups is 1. The summed E-state index contributed by atoms with van der Waals surface area (Å²) >= 11 is 0. The number of amides is 2. The van der Waals surface area contributed by atoms with Crippen molar-refractivity contribution in [1.82, 2.24) is 10.5 Å². The van der Waals surface area contributed by atoms with Gasteiger partial charge in [0, 0.05) is 11.1 Å². The maximum Gasteiger partial charge on any atom is 0.254 e. The lowest BCUT2D eigenvalue weighted by Crippen LogP contribution is -2.19. The molecule has 5 nitrogen and oxygen atoms in total. The second-order valence-corrected chi connectivity index (χ2v) is 3.46. The van der Waals surface area contributed by atoms with E-state index in [-0.39, 0.29) is 18.2 Å². The van der Waals surface area contributed by atoms with Crippen LogP contribution in [0.5, 0.6) is 0 Å². The lowest BCUT2D eigenvalue weighted by molar-refractivity contribution is -0.124. The van der Waals surface area contributed by atoms with Crippen molar-refractivity contribution < 1.29 is 14.1 Å². The summed E-state index contributed by atoms with van der Waals surface area (Å²) in [5, 5.41) is 5.99. The van der Waals surface area contributed by atoms with Crippen molar-refractivity contribution in [3.05, 3.63) is 22.6 Å². The zero-order valence-electron chi connectivity index (χ0n) is 8.46. The minimum absolute atomic E-state index is 0.128. The van der Waals surface area contributed by atoms with Crippen LogP contribution < -0.4 is 5.32 Å². The molecule has 1 aliphatic rings. The number of nitrogens with one attached hydrogen (secondary N) is 1. The van der Waals surface area contributed by atoms with Gasteiger partial charge in [-0.05, 0) is 19.9 Å². The number of rotatable bonds is 1. The minimum Gasteiger partial charge on any atom is -0.361 e. The zero-order chi connectivity index (χ0) is 11.0. The molecule has 2 heterocycles. The molecular formula is C10H10N2O3. The zero-order valence-corrected chi connectivity index (χ0v) is 8.46. The standard InChI is InChI=1S/C10H10N2O3/c1-5-8(6(2)15-12-5)3-7-4-9(13)11-10(7)14/h3H,4H2,1-2H3,(H,11,13,14). The molecule has 0 aromatic carbocycles. The Morgan fingerprint density at radius 3 is 2.60 bits per heavy atom. The monoisotopic (exact) mass is 206 g/mol. The Labute approximate surface area is 86.1 Å². The molecule has 1 aromatic rings. The molecule has 2 amide bonds. The van der Waals surface area contributed by atoms with Crippen LogP contribution in [0.4, 0.5) is 0 Å². The molecule has 0 atom stereocenters. The Hall–Kier alpha value is -1.91. The minimum atomic E-state index is -0.333. The SMILES string of the molecule is Cc1noc(C)c1C=C1CC(=O)NC1=O. The van der Waals surface area contributed by atoms with Crippen molar-refractivity contribution in [3.8, 4) is 0 Å². The lowest BCUT2D eigenvalue weighted by Gasteiger charge is -1.92. The van der Waals surface area contributed by atoms with Gasteiger partial charge in [0.1, 0.15) is 5.76 Å². The van der Waals surface area contributed by atoms with E-state index in [0.29, 0.717) is 17.0 Å². The first-order chi connectivity index (χ1) is 7.08. The third-order valence-corrected chi connectivity index (χ3v) is 2.30. The Morgan fingerprint density at radius 2 is 2.13 bits per heavy atom. The second kappa shape index (κ2) is 3.34. The largest absolute Gasteiger partial charge is 0.361 e. The Balaban J connectivity index is 2.39. The molecule has 1 N–H and O–H groups in total. The van der Waals surface area contributed by atoms with Crippen molar-refractivity contribution in [3.63, 3.8) is 0 Å². The van der Waals surface area contributed by atoms with Gasteiger partial charge < -0.3 is 4.52 Å². The summed E-state index contributed by atoms with van der Waals surface area (Å²) in [6.07, 6.45) is 1.78. The molecule has 1 aliphatic heterocycles. The highest BCUT2D eigenvalue weighted by Crippen LogP contribution is 2.19. The van der Waals surface area contributed by atoms with Crippen LogP contribution >= 0.6 is 0 Å². The van der Waals surface area contributed by atoms with E-state index in [1.807, 2.05) is 0 Å². The number of aryl methyl sites for hydroxylation is 2. The van der Waals surface area contributed by atoms with Gasteiger partial charge in [-0.2, -0.15) is 0 Å². The van der Waals surface area contributed by atoms with E-state index < -0.39 is 0 Å². The fourth-order valence-electron chi connectivity index (χ4n) is 1.49. The molecule has 78 valence electrons. The predicted molar refractivity (Wildman–Crippen MR) is 51.7 cm³/mol. The van der Waals surface area contributed by atoms with Crippen LogP contribution in [0, 0.1) is 13.8 Å². The Bertz CT molecular complexity index is 452. The van der Waals surface area contributed by atoms with Crippen LogP contribution in [0.15, 0.2) is 10.1 Å². The maximum atomic E-state index is 11.3. The van der Waals surface area contributed by atoms with Crippen molar-refractivity contribution in [2.45, 2.75) is 20.3 Å². The first-order valence-electron chi connectivity index (χ1n) is 4.55. The van der Waals surface area contributed by atoms with Gasteiger partial charge in [-0.15, -0.1) is 0 Å². The van der Waals surface area contributed by atoms with Gasteiger partial charge in [0.25, 0.3) is 5.91 Å². The maximum absolute atomic E-state index is 11.3. The van der Waals surface area contributed by atoms with Gasteiger partial charge in [-0.1, -0.05) is 5.16 Å². The molecule has 0 saturated carbocycles. The van der Waals surface area contributed by atoms with Gasteiger partial charge in [-0.25, -0.2) is 0 Å². The summed E-state index contributed by atoms with van der Waals surface area (Å²) in [5.41, 5.74) is 1.94. The molecule has 1 fully saturated rings. The lowest BCUT2D eigenvalue weighted by atomic mass is 10.1. The van der Waals surface area contributed by atoms with Crippen LogP contribution in [0.1, 0.15) is 23.4 Å². The number of carbonyl (C=O) groups is 2. The highest BCUT2D eigenvalue weighted by molar-refractivity contribution is 6.15. The summed E-state index contributed by atoms with van der Waals surface area (Å²) < 4.78 is 4.96. The molecule has 0 spiro atoms. The van der Waals surface area contributed by atoms with Gasteiger partial charge in [-0.3, -0.25) is 14.9 Å². The molecule has 0 unspecified atom stereocenters. The van der Waals surface area contributed by atoms with Crippen LogP contribution in [0.2, 0.25) is 0 Å². The molecule has 5 heteroatoms. The van der Waals surface area contributed by atoms with Crippen molar-refractivity contribution in [2.24, 2.45) is 0 Å². The summed E-state index contributed by atoms with van der Waals surface area (Å²) in [4.78, 5) is 22.2. The number of hydrogen-bond donors (Lipinski definition) is 1. The fourth-order valence-corrected chi connectivity index (χ4v) is 1.49. The Kier molecular flexibility index (Phi) is 2.15. The van der Waals surface area contributed by atoms with E-state index in [0.717, 1.165) is 5.56 Å². The summed E-state index contributed by atoms with van der Waals surface area (Å²) in [5.74, 6) is 0.0464. The third kappa shape index (κ3) is 1.68. The summed E-state index contributed by atoms with van der Waals surface area (Å²) in [6.45, 7) is 3.55. The van der Waals surface area contributed by atoms with Gasteiger partial charge in [0.2, 0.25) is 5.91 Å². The number of aromatic nitrogens is 1. The van der Waals surface area contributed by atoms with Crippen molar-refractivity contribution in [1.29, 1.82) is 0 Å². The van der Waals surface area contributed by atoms with Crippen LogP contribution in [-0.4, -0.2) is 17.0 Å².